The maximum atomic E-state index is 14.1. The van der Waals surface area contributed by atoms with E-state index in [1.165, 1.54) is 12.1 Å². The van der Waals surface area contributed by atoms with Crippen LogP contribution in [0.3, 0.4) is 0 Å². The molecule has 1 amide bonds. The number of rotatable bonds is 7. The Morgan fingerprint density at radius 1 is 1.00 bits per heavy atom. The normalized spacial score (nSPS) is 14.6. The zero-order chi connectivity index (χ0) is 31.7. The number of amides is 1. The van der Waals surface area contributed by atoms with Crippen molar-refractivity contribution in [2.45, 2.75) is 19.1 Å². The van der Waals surface area contributed by atoms with Gasteiger partial charge in [-0.1, -0.05) is 23.7 Å². The second-order valence-electron chi connectivity index (χ2n) is 11.3. The molecule has 0 atom stereocenters. The number of carbonyl (C=O) groups excluding carboxylic acids is 1. The summed E-state index contributed by atoms with van der Waals surface area (Å²) in [5, 5.41) is 2.81. The lowest BCUT2D eigenvalue weighted by atomic mass is 10.0. The number of aromatic nitrogens is 4. The van der Waals surface area contributed by atoms with Gasteiger partial charge in [0.25, 0.3) is 5.91 Å². The third-order valence-corrected chi connectivity index (χ3v) is 8.35. The van der Waals surface area contributed by atoms with E-state index >= 15 is 0 Å². The van der Waals surface area contributed by atoms with E-state index in [1.54, 1.807) is 30.6 Å². The molecule has 0 saturated carbocycles. The highest BCUT2D eigenvalue weighted by Crippen LogP contribution is 2.35. The molecule has 45 heavy (non-hydrogen) atoms. The number of piperazine rings is 1. The smallest absolute Gasteiger partial charge is 0.348 e. The number of alkyl halides is 3. The first-order valence-corrected chi connectivity index (χ1v) is 14.9. The van der Waals surface area contributed by atoms with Crippen LogP contribution in [-0.4, -0.2) is 68.5 Å². The third-order valence-electron chi connectivity index (χ3n) is 8.02. The largest absolute Gasteiger partial charge is 0.416 e. The monoisotopic (exact) mass is 633 g/mol. The molecule has 1 aliphatic rings. The average molecular weight is 634 g/mol. The van der Waals surface area contributed by atoms with Crippen molar-refractivity contribution in [2.75, 3.05) is 38.5 Å². The summed E-state index contributed by atoms with van der Waals surface area (Å²) in [6.45, 7) is 3.17. The fourth-order valence-corrected chi connectivity index (χ4v) is 5.78. The van der Waals surface area contributed by atoms with Crippen LogP contribution in [0.25, 0.3) is 22.4 Å². The molecule has 1 N–H and O–H groups in total. The third kappa shape index (κ3) is 6.85. The molecule has 6 rings (SSSR count). The zero-order valence-electron chi connectivity index (χ0n) is 24.8. The van der Waals surface area contributed by atoms with Crippen LogP contribution >= 0.6 is 11.6 Å². The Morgan fingerprint density at radius 3 is 2.53 bits per heavy atom. The quantitative estimate of drug-likeness (QED) is 0.227. The van der Waals surface area contributed by atoms with Crippen molar-refractivity contribution < 1.29 is 18.0 Å². The number of hydrogen-bond donors (Lipinski definition) is 1. The summed E-state index contributed by atoms with van der Waals surface area (Å²) in [6.07, 6.45) is 1.07. The van der Waals surface area contributed by atoms with Gasteiger partial charge in [0.05, 0.1) is 32.9 Å². The molecular weight excluding hydrogens is 603 g/mol. The second-order valence-corrected chi connectivity index (χ2v) is 11.7. The van der Waals surface area contributed by atoms with Crippen LogP contribution in [-0.2, 0) is 26.2 Å². The van der Waals surface area contributed by atoms with Crippen LogP contribution < -0.4 is 5.32 Å². The number of anilines is 1. The van der Waals surface area contributed by atoms with E-state index in [2.05, 4.69) is 15.2 Å². The van der Waals surface area contributed by atoms with Crippen LogP contribution in [0.5, 0.6) is 0 Å². The van der Waals surface area contributed by atoms with Gasteiger partial charge in [0.15, 0.2) is 5.82 Å². The maximum absolute atomic E-state index is 14.1. The van der Waals surface area contributed by atoms with Crippen molar-refractivity contribution in [1.29, 1.82) is 0 Å². The molecule has 8 nitrogen and oxygen atoms in total. The SMILES string of the molecule is CN1CCN(Cc2ccc(NC(=O)c3cc(Cc4nc(-c5cccnc5)nc5ccn(C)c45)ccc3Cl)cc2C(F)(F)F)CC1. The summed E-state index contributed by atoms with van der Waals surface area (Å²) < 4.78 is 44.3. The molecule has 2 aromatic carbocycles. The summed E-state index contributed by atoms with van der Waals surface area (Å²) >= 11 is 6.43. The Kier molecular flexibility index (Phi) is 8.59. The first kappa shape index (κ1) is 30.7. The van der Waals surface area contributed by atoms with Crippen molar-refractivity contribution in [2.24, 2.45) is 7.05 Å². The Morgan fingerprint density at radius 2 is 1.80 bits per heavy atom. The topological polar surface area (TPSA) is 79.2 Å². The van der Waals surface area contributed by atoms with Crippen LogP contribution in [0.15, 0.2) is 73.2 Å². The van der Waals surface area contributed by atoms with E-state index in [0.29, 0.717) is 25.3 Å². The number of likely N-dealkylation sites (N-methyl/N-ethyl adjacent to an activating group) is 1. The molecule has 0 aliphatic carbocycles. The minimum Gasteiger partial charge on any atom is -0.348 e. The van der Waals surface area contributed by atoms with E-state index in [9.17, 15) is 18.0 Å². The number of nitrogens with zero attached hydrogens (tertiary/aromatic N) is 6. The van der Waals surface area contributed by atoms with Crippen LogP contribution in [0.2, 0.25) is 5.02 Å². The highest BCUT2D eigenvalue weighted by Gasteiger charge is 2.34. The maximum Gasteiger partial charge on any atom is 0.416 e. The highest BCUT2D eigenvalue weighted by atomic mass is 35.5. The Balaban J connectivity index is 1.25. The Labute approximate surface area is 263 Å². The Hall–Kier alpha value is -4.32. The van der Waals surface area contributed by atoms with Crippen molar-refractivity contribution in [3.05, 3.63) is 106 Å². The van der Waals surface area contributed by atoms with Gasteiger partial charge in [-0.25, -0.2) is 9.97 Å². The van der Waals surface area contributed by atoms with Crippen LogP contribution in [0, 0.1) is 0 Å². The number of aryl methyl sites for hydroxylation is 1. The van der Waals surface area contributed by atoms with Gasteiger partial charge in [0, 0.05) is 76.0 Å². The van der Waals surface area contributed by atoms with Gasteiger partial charge >= 0.3 is 6.18 Å². The van der Waals surface area contributed by atoms with E-state index in [4.69, 9.17) is 21.6 Å². The van der Waals surface area contributed by atoms with Crippen molar-refractivity contribution in [3.8, 4) is 11.4 Å². The number of nitrogens with one attached hydrogen (secondary N) is 1. The molecule has 12 heteroatoms. The van der Waals surface area contributed by atoms with Gasteiger partial charge in [-0.05, 0) is 60.6 Å². The first-order valence-electron chi connectivity index (χ1n) is 14.5. The molecule has 1 aliphatic heterocycles. The summed E-state index contributed by atoms with van der Waals surface area (Å²) in [7, 11) is 3.90. The van der Waals surface area contributed by atoms with Gasteiger partial charge in [0.2, 0.25) is 0 Å². The minimum absolute atomic E-state index is 0.0401. The van der Waals surface area contributed by atoms with Crippen molar-refractivity contribution in [3.63, 3.8) is 0 Å². The fraction of sp³-hybridized carbons (Fsp3) is 0.273. The Bertz CT molecular complexity index is 1850. The lowest BCUT2D eigenvalue weighted by molar-refractivity contribution is -0.138. The molecule has 3 aromatic heterocycles. The number of hydrogen-bond acceptors (Lipinski definition) is 6. The van der Waals surface area contributed by atoms with Crippen LogP contribution in [0.1, 0.15) is 32.7 Å². The standard InChI is InChI=1S/C33H31ClF3N7O/c1-42-12-14-44(15-13-42)20-23-6-7-24(18-26(23)33(35,36)37)39-32(45)25-16-21(5-8-27(25)34)17-29-30-28(9-11-43(30)2)40-31(41-29)22-4-3-10-38-19-22/h3-11,16,18-19H,12-15,17,20H2,1-2H3,(H,39,45). The van der Waals surface area contributed by atoms with Crippen LogP contribution in [0.4, 0.5) is 18.9 Å². The molecule has 0 bridgehead atoms. The van der Waals surface area contributed by atoms with Crippen molar-refractivity contribution in [1.82, 2.24) is 29.3 Å². The minimum atomic E-state index is -4.57. The predicted octanol–water partition coefficient (Wildman–Crippen LogP) is 6.29. The number of benzene rings is 2. The highest BCUT2D eigenvalue weighted by molar-refractivity contribution is 6.34. The van der Waals surface area contributed by atoms with Gasteiger partial charge in [-0.3, -0.25) is 14.7 Å². The van der Waals surface area contributed by atoms with E-state index in [-0.39, 0.29) is 28.4 Å². The lowest BCUT2D eigenvalue weighted by Crippen LogP contribution is -2.44. The summed E-state index contributed by atoms with van der Waals surface area (Å²) in [5.41, 5.74) is 3.48. The second kappa shape index (κ2) is 12.6. The molecule has 0 spiro atoms. The number of pyridine rings is 1. The summed E-state index contributed by atoms with van der Waals surface area (Å²) in [6, 6.07) is 14.6. The van der Waals surface area contributed by atoms with E-state index in [1.807, 2.05) is 48.0 Å². The first-order chi connectivity index (χ1) is 21.5. The lowest BCUT2D eigenvalue weighted by Gasteiger charge is -2.33. The van der Waals surface area contributed by atoms with E-state index in [0.717, 1.165) is 47.0 Å². The molecule has 4 heterocycles. The summed E-state index contributed by atoms with van der Waals surface area (Å²) in [5.74, 6) is -0.0789. The molecule has 0 radical (unpaired) electrons. The van der Waals surface area contributed by atoms with Gasteiger partial charge in [-0.15, -0.1) is 0 Å². The fourth-order valence-electron chi connectivity index (χ4n) is 5.58. The zero-order valence-corrected chi connectivity index (χ0v) is 25.5. The van der Waals surface area contributed by atoms with Gasteiger partial charge in [0.1, 0.15) is 0 Å². The molecule has 1 fully saturated rings. The number of halogens is 4. The average Bonchev–Trinajstić information content (AvgIpc) is 3.40. The molecule has 5 aromatic rings. The molecular formula is C33H31ClF3N7O. The number of fused-ring (bicyclic) bond motifs is 1. The van der Waals surface area contributed by atoms with Crippen molar-refractivity contribution >= 4 is 34.2 Å². The molecule has 0 unspecified atom stereocenters. The van der Waals surface area contributed by atoms with Gasteiger partial charge < -0.3 is 14.8 Å². The van der Waals surface area contributed by atoms with Gasteiger partial charge in [-0.2, -0.15) is 13.2 Å². The molecule has 232 valence electrons. The predicted molar refractivity (Wildman–Crippen MR) is 168 cm³/mol. The number of carbonyl (C=O) groups is 1. The van der Waals surface area contributed by atoms with E-state index < -0.39 is 17.6 Å². The summed E-state index contributed by atoms with van der Waals surface area (Å²) in [4.78, 5) is 31.2. The molecule has 1 saturated heterocycles.